The molecule has 0 aliphatic heterocycles. The molecule has 28 heavy (non-hydrogen) atoms. The molecule has 0 amide bonds. The highest BCUT2D eigenvalue weighted by atomic mass is 35.5. The van der Waals surface area contributed by atoms with Crippen LogP contribution in [0.5, 0.6) is 5.75 Å². The Balaban J connectivity index is 1.48. The lowest BCUT2D eigenvalue weighted by atomic mass is 9.96. The van der Waals surface area contributed by atoms with Crippen LogP contribution in [0.25, 0.3) is 0 Å². The van der Waals surface area contributed by atoms with Gasteiger partial charge in [0.25, 0.3) is 0 Å². The first-order valence-corrected chi connectivity index (χ1v) is 9.97. The van der Waals surface area contributed by atoms with E-state index in [1.807, 2.05) is 18.2 Å². The third-order valence-corrected chi connectivity index (χ3v) is 5.36. The Morgan fingerprint density at radius 2 is 1.89 bits per heavy atom. The molecule has 0 saturated carbocycles. The number of carbonyl (C=O) groups is 1. The van der Waals surface area contributed by atoms with Crippen LogP contribution in [0.4, 0.5) is 0 Å². The van der Waals surface area contributed by atoms with E-state index < -0.39 is 5.97 Å². The summed E-state index contributed by atoms with van der Waals surface area (Å²) in [5, 5.41) is 18.8. The summed E-state index contributed by atoms with van der Waals surface area (Å²) in [7, 11) is 0. The first-order valence-electron chi connectivity index (χ1n) is 9.59. The SMILES string of the molecule is O=C(O)c1ccc(CCCC2=CCC[C@@H]2COc2cc(Cl)cc(CO)c2)cc1. The lowest BCUT2D eigenvalue weighted by Crippen LogP contribution is -2.12. The molecule has 0 aromatic heterocycles. The van der Waals surface area contributed by atoms with Crippen molar-refractivity contribution in [2.75, 3.05) is 6.61 Å². The van der Waals surface area contributed by atoms with Crippen molar-refractivity contribution in [2.24, 2.45) is 5.92 Å². The molecule has 1 aliphatic carbocycles. The molecule has 2 aromatic rings. The predicted molar refractivity (Wildman–Crippen MR) is 110 cm³/mol. The summed E-state index contributed by atoms with van der Waals surface area (Å²) in [6, 6.07) is 12.4. The number of rotatable bonds is 9. The fourth-order valence-corrected chi connectivity index (χ4v) is 3.87. The molecule has 1 atom stereocenters. The molecule has 2 aromatic carbocycles. The maximum absolute atomic E-state index is 10.9. The van der Waals surface area contributed by atoms with Crippen molar-refractivity contribution >= 4 is 17.6 Å². The van der Waals surface area contributed by atoms with Crippen LogP contribution in [-0.2, 0) is 13.0 Å². The number of benzene rings is 2. The van der Waals surface area contributed by atoms with Gasteiger partial charge in [-0.05, 0) is 73.6 Å². The number of aliphatic hydroxyl groups is 1. The van der Waals surface area contributed by atoms with E-state index in [2.05, 4.69) is 6.08 Å². The average Bonchev–Trinajstić information content (AvgIpc) is 3.13. The third-order valence-electron chi connectivity index (χ3n) is 5.14. The third kappa shape index (κ3) is 5.60. The smallest absolute Gasteiger partial charge is 0.335 e. The standard InChI is InChI=1S/C23H25ClO4/c24-21-11-17(14-25)12-22(13-21)28-15-20-6-2-5-18(20)4-1-3-16-7-9-19(10-8-16)23(26)27/h5,7-13,20,25H,1-4,6,14-15H2,(H,26,27)/t20-/m1/s1. The fourth-order valence-electron chi connectivity index (χ4n) is 3.62. The summed E-state index contributed by atoms with van der Waals surface area (Å²) < 4.78 is 5.95. The summed E-state index contributed by atoms with van der Waals surface area (Å²) >= 11 is 6.07. The number of hydrogen-bond donors (Lipinski definition) is 2. The van der Waals surface area contributed by atoms with E-state index in [1.54, 1.807) is 24.3 Å². The predicted octanol–water partition coefficient (Wildman–Crippen LogP) is 5.27. The van der Waals surface area contributed by atoms with Crippen LogP contribution in [0.15, 0.2) is 54.1 Å². The highest BCUT2D eigenvalue weighted by Gasteiger charge is 2.19. The van der Waals surface area contributed by atoms with Crippen molar-refractivity contribution in [2.45, 2.75) is 38.7 Å². The fraction of sp³-hybridized carbons (Fsp3) is 0.348. The number of carboxylic acid groups (broad SMARTS) is 1. The zero-order valence-electron chi connectivity index (χ0n) is 15.7. The Labute approximate surface area is 170 Å². The Morgan fingerprint density at radius 3 is 2.61 bits per heavy atom. The molecular weight excluding hydrogens is 376 g/mol. The summed E-state index contributed by atoms with van der Waals surface area (Å²) in [6.45, 7) is 0.559. The second-order valence-corrected chi connectivity index (χ2v) is 7.61. The molecule has 4 nitrogen and oxygen atoms in total. The summed E-state index contributed by atoms with van der Waals surface area (Å²) in [5.74, 6) is 0.212. The number of halogens is 1. The normalized spacial score (nSPS) is 16.1. The molecule has 1 aliphatic rings. The van der Waals surface area contributed by atoms with Crippen molar-refractivity contribution in [3.05, 3.63) is 75.8 Å². The average molecular weight is 401 g/mol. The maximum atomic E-state index is 10.9. The zero-order chi connectivity index (χ0) is 19.9. The van der Waals surface area contributed by atoms with Gasteiger partial charge in [0.1, 0.15) is 5.75 Å². The lowest BCUT2D eigenvalue weighted by molar-refractivity contribution is 0.0697. The van der Waals surface area contributed by atoms with Gasteiger partial charge in [-0.2, -0.15) is 0 Å². The monoisotopic (exact) mass is 400 g/mol. The lowest BCUT2D eigenvalue weighted by Gasteiger charge is -2.17. The second-order valence-electron chi connectivity index (χ2n) is 7.17. The molecule has 3 rings (SSSR count). The van der Waals surface area contributed by atoms with Gasteiger partial charge in [0.05, 0.1) is 18.8 Å². The van der Waals surface area contributed by atoms with Gasteiger partial charge in [-0.3, -0.25) is 0 Å². The molecule has 0 spiro atoms. The molecule has 0 heterocycles. The second kappa shape index (κ2) is 9.76. The van der Waals surface area contributed by atoms with Crippen LogP contribution in [0.3, 0.4) is 0 Å². The van der Waals surface area contributed by atoms with Gasteiger partial charge in [0, 0.05) is 10.9 Å². The van der Waals surface area contributed by atoms with Gasteiger partial charge in [-0.25, -0.2) is 4.79 Å². The molecule has 2 N–H and O–H groups in total. The zero-order valence-corrected chi connectivity index (χ0v) is 16.5. The Kier molecular flexibility index (Phi) is 7.12. The molecule has 5 heteroatoms. The molecular formula is C23H25ClO4. The van der Waals surface area contributed by atoms with Crippen molar-refractivity contribution in [1.82, 2.24) is 0 Å². The number of aryl methyl sites for hydroxylation is 1. The van der Waals surface area contributed by atoms with Crippen molar-refractivity contribution in [1.29, 1.82) is 0 Å². The minimum atomic E-state index is -0.892. The van der Waals surface area contributed by atoms with Gasteiger partial charge >= 0.3 is 5.97 Å². The minimum Gasteiger partial charge on any atom is -0.493 e. The Bertz CT molecular complexity index is 842. The topological polar surface area (TPSA) is 66.8 Å². The van der Waals surface area contributed by atoms with E-state index >= 15 is 0 Å². The van der Waals surface area contributed by atoms with Crippen molar-refractivity contribution in [3.63, 3.8) is 0 Å². The Hall–Kier alpha value is -2.30. The van der Waals surface area contributed by atoms with Gasteiger partial charge in [0.15, 0.2) is 0 Å². The van der Waals surface area contributed by atoms with E-state index in [9.17, 15) is 9.90 Å². The molecule has 0 unspecified atom stereocenters. The highest BCUT2D eigenvalue weighted by Crippen LogP contribution is 2.31. The van der Waals surface area contributed by atoms with Gasteiger partial charge in [0.2, 0.25) is 0 Å². The van der Waals surface area contributed by atoms with Crippen LogP contribution in [0, 0.1) is 5.92 Å². The van der Waals surface area contributed by atoms with Gasteiger partial charge < -0.3 is 14.9 Å². The van der Waals surface area contributed by atoms with E-state index in [0.717, 1.165) is 43.2 Å². The maximum Gasteiger partial charge on any atom is 0.335 e. The van der Waals surface area contributed by atoms with Gasteiger partial charge in [-0.15, -0.1) is 0 Å². The quantitative estimate of drug-likeness (QED) is 0.563. The number of aromatic carboxylic acids is 1. The first kappa shape index (κ1) is 20.4. The van der Waals surface area contributed by atoms with Crippen molar-refractivity contribution < 1.29 is 19.7 Å². The largest absolute Gasteiger partial charge is 0.493 e. The number of allylic oxidation sites excluding steroid dienone is 1. The summed E-state index contributed by atoms with van der Waals surface area (Å²) in [5.41, 5.74) is 3.67. The van der Waals surface area contributed by atoms with E-state index in [4.69, 9.17) is 21.4 Å². The molecule has 0 radical (unpaired) electrons. The number of carboxylic acids is 1. The van der Waals surface area contributed by atoms with Crippen LogP contribution < -0.4 is 4.74 Å². The summed E-state index contributed by atoms with van der Waals surface area (Å²) in [6.07, 6.45) is 7.47. The summed E-state index contributed by atoms with van der Waals surface area (Å²) in [4.78, 5) is 10.9. The minimum absolute atomic E-state index is 0.0566. The number of hydrogen-bond acceptors (Lipinski definition) is 3. The van der Waals surface area contributed by atoms with Crippen LogP contribution >= 0.6 is 11.6 Å². The van der Waals surface area contributed by atoms with Crippen LogP contribution in [0.1, 0.15) is 47.2 Å². The van der Waals surface area contributed by atoms with E-state index in [1.165, 1.54) is 5.57 Å². The van der Waals surface area contributed by atoms with Crippen molar-refractivity contribution in [3.8, 4) is 5.75 Å². The van der Waals surface area contributed by atoms with Crippen LogP contribution in [0.2, 0.25) is 5.02 Å². The number of aliphatic hydroxyl groups excluding tert-OH is 1. The van der Waals surface area contributed by atoms with Gasteiger partial charge in [-0.1, -0.05) is 35.4 Å². The van der Waals surface area contributed by atoms with E-state index in [0.29, 0.717) is 28.9 Å². The van der Waals surface area contributed by atoms with Crippen LogP contribution in [-0.4, -0.2) is 22.8 Å². The number of ether oxygens (including phenoxy) is 1. The molecule has 0 fully saturated rings. The highest BCUT2D eigenvalue weighted by molar-refractivity contribution is 6.30. The molecule has 0 saturated heterocycles. The molecule has 148 valence electrons. The Morgan fingerprint density at radius 1 is 1.11 bits per heavy atom. The molecule has 0 bridgehead atoms. The first-order chi connectivity index (χ1) is 13.5. The van der Waals surface area contributed by atoms with E-state index in [-0.39, 0.29) is 6.61 Å².